The lowest BCUT2D eigenvalue weighted by molar-refractivity contribution is 0.0663. The van der Waals surface area contributed by atoms with Crippen molar-refractivity contribution in [2.75, 3.05) is 45.2 Å². The van der Waals surface area contributed by atoms with E-state index in [0.29, 0.717) is 29.3 Å². The van der Waals surface area contributed by atoms with Gasteiger partial charge in [0.15, 0.2) is 17.3 Å². The Bertz CT molecular complexity index is 1730. The predicted molar refractivity (Wildman–Crippen MR) is 145 cm³/mol. The van der Waals surface area contributed by atoms with Crippen LogP contribution in [0.4, 0.5) is 10.2 Å². The van der Waals surface area contributed by atoms with Gasteiger partial charge in [-0.3, -0.25) is 29.4 Å². The Morgan fingerprint density at radius 3 is 2.74 bits per heavy atom. The molecule has 10 nitrogen and oxygen atoms in total. The Balaban J connectivity index is 1.52. The largest absolute Gasteiger partial charge is 0.351 e. The molecule has 0 unspecified atom stereocenters. The number of anilines is 1. The maximum Gasteiger partial charge on any atom is 0.272 e. The van der Waals surface area contributed by atoms with Crippen LogP contribution in [0, 0.1) is 5.82 Å². The van der Waals surface area contributed by atoms with E-state index in [2.05, 4.69) is 25.3 Å². The van der Waals surface area contributed by atoms with Crippen molar-refractivity contribution in [2.24, 2.45) is 0 Å². The fourth-order valence-corrected chi connectivity index (χ4v) is 5.90. The van der Waals surface area contributed by atoms with Crippen molar-refractivity contribution in [2.45, 2.75) is 6.54 Å². The lowest BCUT2D eigenvalue weighted by atomic mass is 10.1. The van der Waals surface area contributed by atoms with E-state index >= 15 is 4.39 Å². The summed E-state index contributed by atoms with van der Waals surface area (Å²) in [5, 5.41) is 1.86. The first-order valence-corrected chi connectivity index (χ1v) is 13.0. The molecule has 0 bridgehead atoms. The highest BCUT2D eigenvalue weighted by atomic mass is 32.1. The standard InChI is InChI=1S/C26H25FN8O2S/c1-32-9-11-34(12-10-32)31-25(37)21-22(36)17-13-18(27)24(33(2)15-16-14-28-7-8-29-16)30-23(17)35-19-5-3-4-6-20(19)38-26(21)35/h3-8,13-14H,9-12,15H2,1-2H3,(H,31,37). The van der Waals surface area contributed by atoms with E-state index in [1.54, 1.807) is 34.9 Å². The fourth-order valence-electron chi connectivity index (χ4n) is 4.71. The normalized spacial score (nSPS) is 14.9. The smallest absolute Gasteiger partial charge is 0.272 e. The minimum Gasteiger partial charge on any atom is -0.351 e. The first-order valence-electron chi connectivity index (χ1n) is 12.2. The Morgan fingerprint density at radius 2 is 1.97 bits per heavy atom. The van der Waals surface area contributed by atoms with Crippen LogP contribution in [0.2, 0.25) is 0 Å². The van der Waals surface area contributed by atoms with E-state index < -0.39 is 17.2 Å². The van der Waals surface area contributed by atoms with Crippen LogP contribution in [-0.4, -0.2) is 75.4 Å². The van der Waals surface area contributed by atoms with Crippen molar-refractivity contribution < 1.29 is 9.18 Å². The second-order valence-corrected chi connectivity index (χ2v) is 10.4. The Morgan fingerprint density at radius 1 is 1.18 bits per heavy atom. The van der Waals surface area contributed by atoms with E-state index in [9.17, 15) is 9.59 Å². The van der Waals surface area contributed by atoms with Gasteiger partial charge in [0, 0.05) is 45.6 Å². The highest BCUT2D eigenvalue weighted by molar-refractivity contribution is 7.24. The third kappa shape index (κ3) is 4.26. The van der Waals surface area contributed by atoms with Crippen LogP contribution in [0.1, 0.15) is 16.1 Å². The average molecular weight is 533 g/mol. The molecule has 5 aromatic rings. The van der Waals surface area contributed by atoms with Crippen LogP contribution in [0.15, 0.2) is 53.7 Å². The molecule has 4 aromatic heterocycles. The van der Waals surface area contributed by atoms with Crippen LogP contribution in [0.3, 0.4) is 0 Å². The van der Waals surface area contributed by atoms with E-state index in [-0.39, 0.29) is 23.3 Å². The van der Waals surface area contributed by atoms with Crippen LogP contribution >= 0.6 is 11.3 Å². The number of hydrazine groups is 1. The van der Waals surface area contributed by atoms with Gasteiger partial charge >= 0.3 is 0 Å². The number of thiazole rings is 1. The maximum absolute atomic E-state index is 15.4. The molecule has 1 aromatic carbocycles. The lowest BCUT2D eigenvalue weighted by Gasteiger charge is -2.32. The van der Waals surface area contributed by atoms with Gasteiger partial charge in [-0.15, -0.1) is 11.3 Å². The molecule has 1 saturated heterocycles. The van der Waals surface area contributed by atoms with Crippen LogP contribution < -0.4 is 15.8 Å². The number of nitrogens with zero attached hydrogens (tertiary/aromatic N) is 7. The molecule has 6 rings (SSSR count). The molecule has 0 radical (unpaired) electrons. The summed E-state index contributed by atoms with van der Waals surface area (Å²) in [6, 6.07) is 8.79. The zero-order valence-electron chi connectivity index (χ0n) is 20.9. The summed E-state index contributed by atoms with van der Waals surface area (Å²) in [4.78, 5) is 44.5. The number of rotatable bonds is 5. The zero-order valence-corrected chi connectivity index (χ0v) is 21.7. The van der Waals surface area contributed by atoms with E-state index in [0.717, 1.165) is 23.3 Å². The van der Waals surface area contributed by atoms with Gasteiger partial charge in [-0.25, -0.2) is 14.4 Å². The van der Waals surface area contributed by atoms with Gasteiger partial charge in [-0.2, -0.15) is 0 Å². The second-order valence-electron chi connectivity index (χ2n) is 9.36. The Hall–Kier alpha value is -4.00. The molecule has 1 fully saturated rings. The summed E-state index contributed by atoms with van der Waals surface area (Å²) < 4.78 is 18.1. The monoisotopic (exact) mass is 532 g/mol. The van der Waals surface area contributed by atoms with Gasteiger partial charge in [-0.05, 0) is 25.2 Å². The average Bonchev–Trinajstić information content (AvgIpc) is 3.29. The van der Waals surface area contributed by atoms with Gasteiger partial charge in [-0.1, -0.05) is 12.1 Å². The molecule has 1 aliphatic rings. The minimum absolute atomic E-state index is 0.0144. The second kappa shape index (κ2) is 9.71. The summed E-state index contributed by atoms with van der Waals surface area (Å²) in [5.41, 5.74) is 4.06. The highest BCUT2D eigenvalue weighted by Crippen LogP contribution is 2.32. The summed E-state index contributed by atoms with van der Waals surface area (Å²) >= 11 is 1.34. The number of aromatic nitrogens is 4. The van der Waals surface area contributed by atoms with Crippen molar-refractivity contribution in [3.05, 3.63) is 76.2 Å². The van der Waals surface area contributed by atoms with Crippen molar-refractivity contribution in [3.63, 3.8) is 0 Å². The number of hydrogen-bond donors (Lipinski definition) is 1. The summed E-state index contributed by atoms with van der Waals surface area (Å²) in [6.45, 7) is 3.16. The van der Waals surface area contributed by atoms with Crippen LogP contribution in [0.25, 0.3) is 26.1 Å². The van der Waals surface area contributed by atoms with Gasteiger partial charge in [0.2, 0.25) is 5.43 Å². The molecular formula is C26H25FN8O2S. The number of piperazine rings is 1. The number of hydrogen-bond acceptors (Lipinski definition) is 9. The number of carbonyl (C=O) groups is 1. The molecule has 0 atom stereocenters. The number of nitrogens with one attached hydrogen (secondary N) is 1. The van der Waals surface area contributed by atoms with Gasteiger partial charge in [0.05, 0.1) is 34.0 Å². The summed E-state index contributed by atoms with van der Waals surface area (Å²) in [6.07, 6.45) is 4.75. The SMILES string of the molecule is CN1CCN(NC(=O)c2c(=O)c3cc(F)c(N(C)Cc4cnccn4)nc3n3c2sc2ccccc23)CC1. The Labute approximate surface area is 220 Å². The highest BCUT2D eigenvalue weighted by Gasteiger charge is 2.26. The lowest BCUT2D eigenvalue weighted by Crippen LogP contribution is -2.53. The van der Waals surface area contributed by atoms with Crippen molar-refractivity contribution in [3.8, 4) is 0 Å². The quantitative estimate of drug-likeness (QED) is 0.369. The van der Waals surface area contributed by atoms with Crippen LogP contribution in [0.5, 0.6) is 0 Å². The minimum atomic E-state index is -0.661. The Kier molecular flexibility index (Phi) is 6.22. The van der Waals surface area contributed by atoms with Crippen molar-refractivity contribution in [1.82, 2.24) is 34.7 Å². The molecule has 12 heteroatoms. The first kappa shape index (κ1) is 24.3. The molecule has 5 heterocycles. The number of amides is 1. The summed E-state index contributed by atoms with van der Waals surface area (Å²) in [5.74, 6) is -1.10. The molecule has 0 saturated carbocycles. The predicted octanol–water partition coefficient (Wildman–Crippen LogP) is 2.52. The number of carbonyl (C=O) groups excluding carboxylic acids is 1. The number of benzene rings is 1. The molecule has 1 aliphatic heterocycles. The maximum atomic E-state index is 15.4. The molecule has 0 aliphatic carbocycles. The molecular weight excluding hydrogens is 507 g/mol. The zero-order chi connectivity index (χ0) is 26.4. The van der Waals surface area contributed by atoms with Crippen molar-refractivity contribution >= 4 is 49.1 Å². The number of likely N-dealkylation sites (N-methyl/N-ethyl adjacent to an activating group) is 1. The summed E-state index contributed by atoms with van der Waals surface area (Å²) in [7, 11) is 3.73. The van der Waals surface area contributed by atoms with E-state index in [4.69, 9.17) is 0 Å². The van der Waals surface area contributed by atoms with E-state index in [1.165, 1.54) is 17.4 Å². The van der Waals surface area contributed by atoms with Crippen LogP contribution in [-0.2, 0) is 6.54 Å². The number of pyridine rings is 2. The molecule has 0 spiro atoms. The topological polar surface area (TPSA) is 99.0 Å². The molecule has 1 amide bonds. The number of halogens is 1. The third-order valence-electron chi connectivity index (χ3n) is 6.72. The number of fused-ring (bicyclic) bond motifs is 5. The van der Waals surface area contributed by atoms with Gasteiger partial charge in [0.1, 0.15) is 10.4 Å². The molecule has 194 valence electrons. The fraction of sp³-hybridized carbons (Fsp3) is 0.269. The van der Waals surface area contributed by atoms with Crippen molar-refractivity contribution in [1.29, 1.82) is 0 Å². The van der Waals surface area contributed by atoms with Gasteiger partial charge < -0.3 is 9.80 Å². The molecule has 38 heavy (non-hydrogen) atoms. The number of para-hydroxylation sites is 1. The third-order valence-corrected chi connectivity index (χ3v) is 7.86. The van der Waals surface area contributed by atoms with Gasteiger partial charge in [0.25, 0.3) is 5.91 Å². The van der Waals surface area contributed by atoms with E-state index in [1.807, 2.05) is 36.3 Å². The first-order chi connectivity index (χ1) is 18.4. The molecule has 1 N–H and O–H groups in total.